The monoisotopic (exact) mass is 381 g/mol. The summed E-state index contributed by atoms with van der Waals surface area (Å²) in [6.45, 7) is 7.30. The minimum atomic E-state index is -0.767. The Morgan fingerprint density at radius 1 is 1.25 bits per heavy atom. The van der Waals surface area contributed by atoms with Gasteiger partial charge in [-0.05, 0) is 63.1 Å². The molecule has 0 spiro atoms. The number of benzene rings is 1. The van der Waals surface area contributed by atoms with Crippen molar-refractivity contribution < 1.29 is 14.6 Å². The molecule has 28 heavy (non-hydrogen) atoms. The lowest BCUT2D eigenvalue weighted by atomic mass is 9.90. The number of nitrogens with one attached hydrogen (secondary N) is 1. The fourth-order valence-electron chi connectivity index (χ4n) is 2.88. The van der Waals surface area contributed by atoms with Gasteiger partial charge in [0.05, 0.1) is 11.1 Å². The third-order valence-electron chi connectivity index (χ3n) is 4.87. The molecule has 0 aliphatic rings. The average molecular weight is 381 g/mol. The van der Waals surface area contributed by atoms with Crippen LogP contribution < -0.4 is 10.1 Å². The average Bonchev–Trinajstić information content (AvgIpc) is 3.09. The first-order valence-electron chi connectivity index (χ1n) is 9.44. The second-order valence-corrected chi connectivity index (χ2v) is 7.70. The van der Waals surface area contributed by atoms with Crippen LogP contribution in [0.25, 0.3) is 5.65 Å². The topological polar surface area (TPSA) is 75.9 Å². The largest absolute Gasteiger partial charge is 0.487 e. The molecule has 0 aliphatic carbocycles. The molecule has 0 saturated carbocycles. The van der Waals surface area contributed by atoms with Gasteiger partial charge < -0.3 is 19.6 Å². The summed E-state index contributed by atoms with van der Waals surface area (Å²) in [6.07, 6.45) is 4.56. The van der Waals surface area contributed by atoms with E-state index in [1.165, 1.54) is 0 Å². The van der Waals surface area contributed by atoms with E-state index in [9.17, 15) is 4.79 Å². The first-order valence-corrected chi connectivity index (χ1v) is 9.44. The van der Waals surface area contributed by atoms with Gasteiger partial charge in [-0.15, -0.1) is 0 Å². The molecule has 0 saturated heterocycles. The minimum Gasteiger partial charge on any atom is -0.487 e. The normalized spacial score (nSPS) is 11.7. The summed E-state index contributed by atoms with van der Waals surface area (Å²) in [6, 6.07) is 12.0. The molecule has 2 heterocycles. The molecular formula is C22H27N3O3. The number of pyridine rings is 1. The molecule has 0 amide bonds. The number of aliphatic carboxylic acids is 1. The molecule has 2 N–H and O–H groups in total. The SMILES string of the molecule is Cc1cccn2cc(COc3ccc(CNCCC(C)(C)C(=O)O)cc3)nc12. The molecule has 1 aromatic carbocycles. The number of hydrogen-bond acceptors (Lipinski definition) is 4. The minimum absolute atomic E-state index is 0.420. The van der Waals surface area contributed by atoms with E-state index < -0.39 is 11.4 Å². The van der Waals surface area contributed by atoms with Crippen molar-refractivity contribution in [1.82, 2.24) is 14.7 Å². The van der Waals surface area contributed by atoms with Gasteiger partial charge in [0, 0.05) is 18.9 Å². The highest BCUT2D eigenvalue weighted by molar-refractivity contribution is 5.73. The second-order valence-electron chi connectivity index (χ2n) is 7.70. The number of carbonyl (C=O) groups is 1. The van der Waals surface area contributed by atoms with E-state index in [1.54, 1.807) is 13.8 Å². The van der Waals surface area contributed by atoms with E-state index in [2.05, 4.69) is 10.3 Å². The number of rotatable bonds is 9. The number of aromatic nitrogens is 2. The van der Waals surface area contributed by atoms with Crippen molar-refractivity contribution in [2.24, 2.45) is 5.41 Å². The molecule has 6 nitrogen and oxygen atoms in total. The van der Waals surface area contributed by atoms with Crippen molar-refractivity contribution in [2.45, 2.75) is 40.3 Å². The van der Waals surface area contributed by atoms with E-state index in [-0.39, 0.29) is 0 Å². The van der Waals surface area contributed by atoms with Crippen molar-refractivity contribution in [3.63, 3.8) is 0 Å². The molecule has 0 fully saturated rings. The highest BCUT2D eigenvalue weighted by atomic mass is 16.5. The van der Waals surface area contributed by atoms with E-state index in [0.717, 1.165) is 28.2 Å². The molecule has 2 aromatic heterocycles. The fourth-order valence-corrected chi connectivity index (χ4v) is 2.88. The number of hydrogen-bond donors (Lipinski definition) is 2. The van der Waals surface area contributed by atoms with E-state index in [4.69, 9.17) is 9.84 Å². The zero-order chi connectivity index (χ0) is 20.1. The number of carboxylic acids is 1. The number of aryl methyl sites for hydroxylation is 1. The Bertz CT molecular complexity index is 945. The summed E-state index contributed by atoms with van der Waals surface area (Å²) in [4.78, 5) is 15.7. The number of fused-ring (bicyclic) bond motifs is 1. The van der Waals surface area contributed by atoms with Crippen molar-refractivity contribution >= 4 is 11.6 Å². The van der Waals surface area contributed by atoms with Crippen LogP contribution in [-0.2, 0) is 17.9 Å². The van der Waals surface area contributed by atoms with Crippen molar-refractivity contribution in [2.75, 3.05) is 6.54 Å². The molecule has 0 bridgehead atoms. The van der Waals surface area contributed by atoms with Gasteiger partial charge in [-0.1, -0.05) is 18.2 Å². The van der Waals surface area contributed by atoms with Gasteiger partial charge in [0.15, 0.2) is 0 Å². The summed E-state index contributed by atoms with van der Waals surface area (Å²) in [7, 11) is 0. The molecular weight excluding hydrogens is 354 g/mol. The van der Waals surface area contributed by atoms with Crippen LogP contribution in [0.15, 0.2) is 48.8 Å². The summed E-state index contributed by atoms with van der Waals surface area (Å²) >= 11 is 0. The Labute approximate surface area is 165 Å². The summed E-state index contributed by atoms with van der Waals surface area (Å²) in [5, 5.41) is 12.4. The van der Waals surface area contributed by atoms with Crippen LogP contribution >= 0.6 is 0 Å². The van der Waals surface area contributed by atoms with Crippen LogP contribution in [0.3, 0.4) is 0 Å². The number of imidazole rings is 1. The molecule has 0 atom stereocenters. The molecule has 0 radical (unpaired) electrons. The smallest absolute Gasteiger partial charge is 0.309 e. The van der Waals surface area contributed by atoms with Gasteiger partial charge in [0.2, 0.25) is 0 Å². The predicted molar refractivity (Wildman–Crippen MR) is 108 cm³/mol. The number of carboxylic acid groups (broad SMARTS) is 1. The first kappa shape index (κ1) is 19.9. The van der Waals surface area contributed by atoms with Crippen LogP contribution in [0, 0.1) is 12.3 Å². The highest BCUT2D eigenvalue weighted by Gasteiger charge is 2.25. The fraction of sp³-hybridized carbons (Fsp3) is 0.364. The van der Waals surface area contributed by atoms with Crippen molar-refractivity contribution in [3.05, 3.63) is 65.6 Å². The molecule has 0 aliphatic heterocycles. The lowest BCUT2D eigenvalue weighted by molar-refractivity contribution is -0.147. The van der Waals surface area contributed by atoms with Gasteiger partial charge in [-0.3, -0.25) is 4.79 Å². The highest BCUT2D eigenvalue weighted by Crippen LogP contribution is 2.19. The molecule has 0 unspecified atom stereocenters. The maximum Gasteiger partial charge on any atom is 0.309 e. The van der Waals surface area contributed by atoms with Gasteiger partial charge in [-0.25, -0.2) is 4.98 Å². The molecule has 3 aromatic rings. The van der Waals surface area contributed by atoms with Crippen LogP contribution in [0.4, 0.5) is 0 Å². The Balaban J connectivity index is 1.47. The first-order chi connectivity index (χ1) is 13.3. The van der Waals surface area contributed by atoms with Gasteiger partial charge in [0.1, 0.15) is 18.0 Å². The third kappa shape index (κ3) is 4.89. The molecule has 6 heteroatoms. The Morgan fingerprint density at radius 3 is 2.68 bits per heavy atom. The van der Waals surface area contributed by atoms with Crippen molar-refractivity contribution in [1.29, 1.82) is 0 Å². The summed E-state index contributed by atoms with van der Waals surface area (Å²) in [5.74, 6) is 0.0288. The number of ether oxygens (including phenoxy) is 1. The van der Waals surface area contributed by atoms with Crippen LogP contribution in [0.1, 0.15) is 37.1 Å². The van der Waals surface area contributed by atoms with E-state index >= 15 is 0 Å². The lowest BCUT2D eigenvalue weighted by Crippen LogP contribution is -2.28. The summed E-state index contributed by atoms with van der Waals surface area (Å²) < 4.78 is 7.86. The molecule has 148 valence electrons. The van der Waals surface area contributed by atoms with Gasteiger partial charge in [0.25, 0.3) is 0 Å². The zero-order valence-corrected chi connectivity index (χ0v) is 16.6. The predicted octanol–water partition coefficient (Wildman–Crippen LogP) is 3.81. The Morgan fingerprint density at radius 2 is 2.00 bits per heavy atom. The van der Waals surface area contributed by atoms with E-state index in [0.29, 0.717) is 26.1 Å². The van der Waals surface area contributed by atoms with Crippen LogP contribution in [0.2, 0.25) is 0 Å². The molecule has 3 rings (SSSR count). The number of nitrogens with zero attached hydrogens (tertiary/aromatic N) is 2. The standard InChI is InChI=1S/C22H27N3O3/c1-16-5-4-12-25-14-18(24-20(16)25)15-28-19-8-6-17(7-9-19)13-23-11-10-22(2,3)21(26)27/h4-9,12,14,23H,10-11,13,15H2,1-3H3,(H,26,27). The van der Waals surface area contributed by atoms with Crippen molar-refractivity contribution in [3.8, 4) is 5.75 Å². The maximum atomic E-state index is 11.1. The quantitative estimate of drug-likeness (QED) is 0.551. The maximum absolute atomic E-state index is 11.1. The zero-order valence-electron chi connectivity index (χ0n) is 16.6. The summed E-state index contributed by atoms with van der Waals surface area (Å²) in [5.41, 5.74) is 3.40. The Kier molecular flexibility index (Phi) is 5.99. The third-order valence-corrected chi connectivity index (χ3v) is 4.87. The second kappa shape index (κ2) is 8.44. The van der Waals surface area contributed by atoms with Crippen LogP contribution in [-0.4, -0.2) is 27.0 Å². The Hall–Kier alpha value is -2.86. The lowest BCUT2D eigenvalue weighted by Gasteiger charge is -2.19. The van der Waals surface area contributed by atoms with E-state index in [1.807, 2.05) is 60.1 Å². The van der Waals surface area contributed by atoms with Crippen LogP contribution in [0.5, 0.6) is 5.75 Å². The van der Waals surface area contributed by atoms with Gasteiger partial charge in [-0.2, -0.15) is 0 Å². The van der Waals surface area contributed by atoms with Gasteiger partial charge >= 0.3 is 5.97 Å².